The zero-order valence-electron chi connectivity index (χ0n) is 15.6. The summed E-state index contributed by atoms with van der Waals surface area (Å²) in [6.07, 6.45) is 22.4. The molecule has 130 valence electrons. The minimum Gasteiger partial charge on any atom is -0.330 e. The molecule has 0 aromatic carbocycles. The summed E-state index contributed by atoms with van der Waals surface area (Å²) in [5.41, 5.74) is 5.42. The van der Waals surface area contributed by atoms with Crippen LogP contribution in [0, 0.1) is 0 Å². The van der Waals surface area contributed by atoms with Crippen molar-refractivity contribution >= 4 is 0 Å². The molecule has 0 spiro atoms. The van der Waals surface area contributed by atoms with Crippen LogP contribution in [0.3, 0.4) is 0 Å². The summed E-state index contributed by atoms with van der Waals surface area (Å²) in [5, 5.41) is 0. The van der Waals surface area contributed by atoms with E-state index >= 15 is 0 Å². The third-order valence-corrected chi connectivity index (χ3v) is 4.01. The van der Waals surface area contributed by atoms with Gasteiger partial charge >= 0.3 is 0 Å². The number of hydrogen-bond acceptors (Lipinski definition) is 1. The van der Waals surface area contributed by atoms with E-state index in [0.717, 1.165) is 6.54 Å². The molecular formula is C20H45N. The van der Waals surface area contributed by atoms with Gasteiger partial charge in [0.2, 0.25) is 0 Å². The van der Waals surface area contributed by atoms with E-state index < -0.39 is 0 Å². The van der Waals surface area contributed by atoms with Crippen LogP contribution >= 0.6 is 0 Å². The first kappa shape index (κ1) is 23.2. The molecule has 1 nitrogen and oxygen atoms in total. The van der Waals surface area contributed by atoms with Gasteiger partial charge in [0.05, 0.1) is 0 Å². The Hall–Kier alpha value is -0.0400. The van der Waals surface area contributed by atoms with Crippen LogP contribution in [0.5, 0.6) is 0 Å². The summed E-state index contributed by atoms with van der Waals surface area (Å²) in [5.74, 6) is 0. The van der Waals surface area contributed by atoms with E-state index in [9.17, 15) is 0 Å². The summed E-state index contributed by atoms with van der Waals surface area (Å²) in [4.78, 5) is 0. The van der Waals surface area contributed by atoms with Crippen molar-refractivity contribution in [3.63, 3.8) is 0 Å². The molecule has 0 unspecified atom stereocenters. The summed E-state index contributed by atoms with van der Waals surface area (Å²) >= 11 is 0. The van der Waals surface area contributed by atoms with Crippen LogP contribution in [0.2, 0.25) is 0 Å². The van der Waals surface area contributed by atoms with Gasteiger partial charge in [-0.3, -0.25) is 0 Å². The largest absolute Gasteiger partial charge is 0.330 e. The van der Waals surface area contributed by atoms with E-state index in [2.05, 4.69) is 20.8 Å². The highest BCUT2D eigenvalue weighted by Gasteiger charge is 1.91. The Morgan fingerprint density at radius 1 is 0.381 bits per heavy atom. The molecule has 0 heterocycles. The second-order valence-corrected chi connectivity index (χ2v) is 6.38. The number of rotatable bonds is 15. The van der Waals surface area contributed by atoms with Crippen molar-refractivity contribution in [2.45, 2.75) is 124 Å². The third kappa shape index (κ3) is 28.8. The molecule has 0 amide bonds. The van der Waals surface area contributed by atoms with Crippen LogP contribution in [0.4, 0.5) is 0 Å². The smallest absolute Gasteiger partial charge is 0.00773 e. The van der Waals surface area contributed by atoms with Crippen molar-refractivity contribution in [3.05, 3.63) is 0 Å². The average molecular weight is 300 g/mol. The minimum absolute atomic E-state index is 0.872. The Morgan fingerprint density at radius 3 is 0.857 bits per heavy atom. The van der Waals surface area contributed by atoms with E-state index in [-0.39, 0.29) is 0 Å². The number of nitrogens with two attached hydrogens (primary N) is 1. The fraction of sp³-hybridized carbons (Fsp3) is 1.00. The van der Waals surface area contributed by atoms with E-state index in [1.165, 1.54) is 103 Å². The molecule has 0 radical (unpaired) electrons. The van der Waals surface area contributed by atoms with Crippen LogP contribution in [-0.4, -0.2) is 6.54 Å². The van der Waals surface area contributed by atoms with Gasteiger partial charge in [0, 0.05) is 0 Å². The van der Waals surface area contributed by atoms with Gasteiger partial charge in [-0.25, -0.2) is 0 Å². The summed E-state index contributed by atoms with van der Waals surface area (Å²) in [6, 6.07) is 0. The molecule has 0 bridgehead atoms. The Balaban J connectivity index is 0. The summed E-state index contributed by atoms with van der Waals surface area (Å²) in [6.45, 7) is 7.65. The summed E-state index contributed by atoms with van der Waals surface area (Å²) < 4.78 is 0. The zero-order chi connectivity index (χ0) is 16.0. The van der Waals surface area contributed by atoms with Crippen LogP contribution in [0.1, 0.15) is 124 Å². The van der Waals surface area contributed by atoms with E-state index in [0.29, 0.717) is 0 Å². The quantitative estimate of drug-likeness (QED) is 0.317. The molecular weight excluding hydrogens is 254 g/mol. The Kier molecular flexibility index (Phi) is 27.6. The van der Waals surface area contributed by atoms with Crippen molar-refractivity contribution in [1.82, 2.24) is 0 Å². The average Bonchev–Trinajstić information content (AvgIpc) is 2.51. The molecule has 0 saturated heterocycles. The first-order valence-electron chi connectivity index (χ1n) is 10.0. The van der Waals surface area contributed by atoms with Crippen LogP contribution < -0.4 is 5.73 Å². The molecule has 0 fully saturated rings. The van der Waals surface area contributed by atoms with Gasteiger partial charge in [-0.2, -0.15) is 0 Å². The maximum atomic E-state index is 5.42. The van der Waals surface area contributed by atoms with Gasteiger partial charge in [0.1, 0.15) is 0 Å². The lowest BCUT2D eigenvalue weighted by Crippen LogP contribution is -1.97. The molecule has 0 aliphatic rings. The lowest BCUT2D eigenvalue weighted by Gasteiger charge is -2.00. The molecule has 0 aromatic rings. The second kappa shape index (κ2) is 24.9. The van der Waals surface area contributed by atoms with Crippen molar-refractivity contribution in [2.75, 3.05) is 6.54 Å². The first-order chi connectivity index (χ1) is 10.3. The van der Waals surface area contributed by atoms with Crippen molar-refractivity contribution in [1.29, 1.82) is 0 Å². The first-order valence-corrected chi connectivity index (χ1v) is 10.0. The lowest BCUT2D eigenvalue weighted by atomic mass is 10.1. The lowest BCUT2D eigenvalue weighted by molar-refractivity contribution is 0.558. The summed E-state index contributed by atoms with van der Waals surface area (Å²) in [7, 11) is 0. The van der Waals surface area contributed by atoms with E-state index in [1.807, 2.05) is 0 Å². The standard InChI is InChI=1S/C12H27N.C8H18/c1-2-3-4-5-6-7-8-9-10-11-12-13;1-3-5-7-8-6-4-2/h2-13H2,1H3;3-8H2,1-2H3. The van der Waals surface area contributed by atoms with Crippen LogP contribution in [0.15, 0.2) is 0 Å². The van der Waals surface area contributed by atoms with Gasteiger partial charge in [-0.05, 0) is 13.0 Å². The van der Waals surface area contributed by atoms with Crippen molar-refractivity contribution in [2.24, 2.45) is 5.73 Å². The van der Waals surface area contributed by atoms with Crippen LogP contribution in [0.25, 0.3) is 0 Å². The van der Waals surface area contributed by atoms with Crippen molar-refractivity contribution in [3.8, 4) is 0 Å². The maximum absolute atomic E-state index is 5.42. The minimum atomic E-state index is 0.872. The molecule has 0 aliphatic heterocycles. The Labute approximate surface area is 136 Å². The van der Waals surface area contributed by atoms with Gasteiger partial charge in [-0.1, -0.05) is 117 Å². The second-order valence-electron chi connectivity index (χ2n) is 6.38. The predicted molar refractivity (Wildman–Crippen MR) is 99.9 cm³/mol. The Morgan fingerprint density at radius 2 is 0.619 bits per heavy atom. The molecule has 0 aromatic heterocycles. The normalized spacial score (nSPS) is 10.3. The van der Waals surface area contributed by atoms with E-state index in [4.69, 9.17) is 5.73 Å². The fourth-order valence-electron chi connectivity index (χ4n) is 2.49. The molecule has 0 aliphatic carbocycles. The molecule has 21 heavy (non-hydrogen) atoms. The number of unbranched alkanes of at least 4 members (excludes halogenated alkanes) is 14. The SMILES string of the molecule is CCCCCCCC.CCCCCCCCCCCCN. The molecule has 2 N–H and O–H groups in total. The third-order valence-electron chi connectivity index (χ3n) is 4.01. The van der Waals surface area contributed by atoms with Gasteiger partial charge in [0.15, 0.2) is 0 Å². The molecule has 0 rings (SSSR count). The van der Waals surface area contributed by atoms with Crippen molar-refractivity contribution < 1.29 is 0 Å². The maximum Gasteiger partial charge on any atom is -0.00773 e. The number of hydrogen-bond donors (Lipinski definition) is 1. The highest BCUT2D eigenvalue weighted by Crippen LogP contribution is 2.09. The zero-order valence-corrected chi connectivity index (χ0v) is 15.6. The molecule has 0 saturated carbocycles. The highest BCUT2D eigenvalue weighted by atomic mass is 14.5. The van der Waals surface area contributed by atoms with Gasteiger partial charge < -0.3 is 5.73 Å². The molecule has 1 heteroatoms. The molecule has 0 atom stereocenters. The topological polar surface area (TPSA) is 26.0 Å². The Bertz CT molecular complexity index is 129. The van der Waals surface area contributed by atoms with Crippen LogP contribution in [-0.2, 0) is 0 Å². The fourth-order valence-corrected chi connectivity index (χ4v) is 2.49. The van der Waals surface area contributed by atoms with Gasteiger partial charge in [0.25, 0.3) is 0 Å². The predicted octanol–water partition coefficient (Wildman–Crippen LogP) is 7.23. The highest BCUT2D eigenvalue weighted by molar-refractivity contribution is 4.47. The van der Waals surface area contributed by atoms with E-state index in [1.54, 1.807) is 0 Å². The van der Waals surface area contributed by atoms with Gasteiger partial charge in [-0.15, -0.1) is 0 Å². The monoisotopic (exact) mass is 299 g/mol.